The van der Waals surface area contributed by atoms with Crippen molar-refractivity contribution in [2.45, 2.75) is 89.7 Å². The van der Waals surface area contributed by atoms with Gasteiger partial charge in [0.05, 0.1) is 17.9 Å². The SMILES string of the molecule is CCCCCCCCCC(CCCC)S(=O)(=O)NCC#N. The Kier molecular flexibility index (Phi) is 12.7. The summed E-state index contributed by atoms with van der Waals surface area (Å²) in [5, 5.41) is 8.20. The number of nitrogens with zero attached hydrogens (tertiary/aromatic N) is 1. The first kappa shape index (κ1) is 20.4. The molecule has 1 N–H and O–H groups in total. The maximum absolute atomic E-state index is 12.1. The zero-order valence-electron chi connectivity index (χ0n) is 13.7. The van der Waals surface area contributed by atoms with Gasteiger partial charge >= 0.3 is 0 Å². The lowest BCUT2D eigenvalue weighted by Gasteiger charge is -2.17. The second kappa shape index (κ2) is 13.1. The fourth-order valence-electron chi connectivity index (χ4n) is 2.47. The van der Waals surface area contributed by atoms with Crippen LogP contribution in [0.25, 0.3) is 0 Å². The largest absolute Gasteiger partial charge is 0.215 e. The van der Waals surface area contributed by atoms with Crippen LogP contribution < -0.4 is 4.72 Å². The van der Waals surface area contributed by atoms with E-state index in [9.17, 15) is 8.42 Å². The first-order valence-corrected chi connectivity index (χ1v) is 9.98. The topological polar surface area (TPSA) is 70.0 Å². The summed E-state index contributed by atoms with van der Waals surface area (Å²) in [5.74, 6) is 0. The maximum atomic E-state index is 12.1. The predicted octanol–water partition coefficient (Wildman–Crippen LogP) is 4.13. The van der Waals surface area contributed by atoms with Crippen molar-refractivity contribution >= 4 is 10.0 Å². The van der Waals surface area contributed by atoms with Crippen LogP contribution >= 0.6 is 0 Å². The van der Waals surface area contributed by atoms with Crippen molar-refractivity contribution in [2.24, 2.45) is 0 Å². The molecule has 1 atom stereocenters. The zero-order chi connectivity index (χ0) is 16.0. The molecule has 0 saturated heterocycles. The van der Waals surface area contributed by atoms with E-state index in [4.69, 9.17) is 5.26 Å². The molecule has 0 aliphatic rings. The summed E-state index contributed by atoms with van der Waals surface area (Å²) in [6, 6.07) is 1.84. The Bertz CT molecular complexity index is 374. The van der Waals surface area contributed by atoms with Crippen molar-refractivity contribution in [3.05, 3.63) is 0 Å². The van der Waals surface area contributed by atoms with Gasteiger partial charge in [0.15, 0.2) is 0 Å². The van der Waals surface area contributed by atoms with Gasteiger partial charge in [-0.1, -0.05) is 71.6 Å². The number of unbranched alkanes of at least 4 members (excludes halogenated alkanes) is 7. The predicted molar refractivity (Wildman–Crippen MR) is 88.5 cm³/mol. The van der Waals surface area contributed by atoms with Gasteiger partial charge in [0.25, 0.3) is 0 Å². The highest BCUT2D eigenvalue weighted by atomic mass is 32.2. The molecule has 124 valence electrons. The summed E-state index contributed by atoms with van der Waals surface area (Å²) < 4.78 is 26.7. The molecule has 4 nitrogen and oxygen atoms in total. The maximum Gasteiger partial charge on any atom is 0.215 e. The van der Waals surface area contributed by atoms with Gasteiger partial charge in [0.1, 0.15) is 0 Å². The number of hydrogen-bond acceptors (Lipinski definition) is 3. The van der Waals surface area contributed by atoms with E-state index in [2.05, 4.69) is 18.6 Å². The van der Waals surface area contributed by atoms with Crippen molar-refractivity contribution in [2.75, 3.05) is 6.54 Å². The van der Waals surface area contributed by atoms with Crippen molar-refractivity contribution in [3.8, 4) is 6.07 Å². The van der Waals surface area contributed by atoms with Crippen molar-refractivity contribution in [3.63, 3.8) is 0 Å². The molecule has 0 aromatic carbocycles. The fraction of sp³-hybridized carbons (Fsp3) is 0.938. The molecule has 0 spiro atoms. The Hall–Kier alpha value is -0.600. The highest BCUT2D eigenvalue weighted by Gasteiger charge is 2.23. The number of nitrogens with one attached hydrogen (secondary N) is 1. The molecule has 5 heteroatoms. The van der Waals surface area contributed by atoms with Gasteiger partial charge in [0, 0.05) is 0 Å². The minimum absolute atomic E-state index is 0.123. The molecule has 1 unspecified atom stereocenters. The molecule has 0 bridgehead atoms. The van der Waals surface area contributed by atoms with E-state index in [0.29, 0.717) is 12.8 Å². The molecule has 0 radical (unpaired) electrons. The summed E-state index contributed by atoms with van der Waals surface area (Å²) in [6.45, 7) is 4.15. The van der Waals surface area contributed by atoms with E-state index in [1.165, 1.54) is 32.1 Å². The third-order valence-corrected chi connectivity index (χ3v) is 5.70. The van der Waals surface area contributed by atoms with Crippen LogP contribution in [0.5, 0.6) is 0 Å². The van der Waals surface area contributed by atoms with Crippen LogP contribution in [0, 0.1) is 11.3 Å². The molecular formula is C16H32N2O2S. The van der Waals surface area contributed by atoms with Gasteiger partial charge < -0.3 is 0 Å². The van der Waals surface area contributed by atoms with Gasteiger partial charge in [-0.3, -0.25) is 0 Å². The Morgan fingerprint density at radius 1 is 0.905 bits per heavy atom. The lowest BCUT2D eigenvalue weighted by Crippen LogP contribution is -2.34. The first-order valence-electron chi connectivity index (χ1n) is 8.43. The van der Waals surface area contributed by atoms with Gasteiger partial charge in [-0.2, -0.15) is 5.26 Å². The highest BCUT2D eigenvalue weighted by Crippen LogP contribution is 2.18. The lowest BCUT2D eigenvalue weighted by molar-refractivity contribution is 0.516. The smallest absolute Gasteiger partial charge is 0.212 e. The summed E-state index contributed by atoms with van der Waals surface area (Å²) in [7, 11) is -3.33. The summed E-state index contributed by atoms with van der Waals surface area (Å²) in [5.41, 5.74) is 0. The average Bonchev–Trinajstić information content (AvgIpc) is 2.47. The summed E-state index contributed by atoms with van der Waals surface area (Å²) in [4.78, 5) is 0. The minimum atomic E-state index is -3.33. The number of rotatable bonds is 14. The van der Waals surface area contributed by atoms with Crippen LogP contribution in [-0.4, -0.2) is 20.2 Å². The van der Waals surface area contributed by atoms with E-state index < -0.39 is 10.0 Å². The van der Waals surface area contributed by atoms with Crippen LogP contribution in [0.3, 0.4) is 0 Å². The molecule has 0 heterocycles. The first-order chi connectivity index (χ1) is 10.1. The quantitative estimate of drug-likeness (QED) is 0.387. The Labute approximate surface area is 131 Å². The molecule has 0 rings (SSSR count). The van der Waals surface area contributed by atoms with E-state index in [1.54, 1.807) is 0 Å². The van der Waals surface area contributed by atoms with Crippen LogP contribution in [0.1, 0.15) is 84.5 Å². The van der Waals surface area contributed by atoms with Crippen molar-refractivity contribution in [1.82, 2.24) is 4.72 Å². The Balaban J connectivity index is 4.10. The van der Waals surface area contributed by atoms with Crippen molar-refractivity contribution in [1.29, 1.82) is 5.26 Å². The van der Waals surface area contributed by atoms with Crippen LogP contribution in [0.15, 0.2) is 0 Å². The monoisotopic (exact) mass is 316 g/mol. The third-order valence-electron chi connectivity index (χ3n) is 3.80. The molecule has 0 amide bonds. The number of sulfonamides is 1. The lowest BCUT2D eigenvalue weighted by atomic mass is 10.1. The summed E-state index contributed by atoms with van der Waals surface area (Å²) in [6.07, 6.45) is 11.7. The molecule has 0 aliphatic heterocycles. The van der Waals surface area contributed by atoms with Gasteiger partial charge in [-0.25, -0.2) is 13.1 Å². The van der Waals surface area contributed by atoms with Crippen LogP contribution in [0.4, 0.5) is 0 Å². The molecule has 0 fully saturated rings. The number of nitriles is 1. The van der Waals surface area contributed by atoms with Crippen LogP contribution in [-0.2, 0) is 10.0 Å². The normalized spacial score (nSPS) is 13.0. The van der Waals surface area contributed by atoms with Gasteiger partial charge in [-0.05, 0) is 12.8 Å². The number of hydrogen-bond donors (Lipinski definition) is 1. The second-order valence-corrected chi connectivity index (χ2v) is 7.74. The third kappa shape index (κ3) is 10.7. The molecular weight excluding hydrogens is 284 g/mol. The molecule has 21 heavy (non-hydrogen) atoms. The standard InChI is InChI=1S/C16H32N2O2S/c1-3-5-7-8-9-10-11-13-16(12-6-4-2)21(19,20)18-15-14-17/h16,18H,3-13,15H2,1-2H3. The molecule has 0 aromatic rings. The van der Waals surface area contributed by atoms with E-state index >= 15 is 0 Å². The second-order valence-electron chi connectivity index (χ2n) is 5.70. The van der Waals surface area contributed by atoms with Crippen molar-refractivity contribution < 1.29 is 8.42 Å². The fourth-order valence-corrected chi connectivity index (χ4v) is 3.92. The highest BCUT2D eigenvalue weighted by molar-refractivity contribution is 7.90. The molecule has 0 saturated carbocycles. The zero-order valence-corrected chi connectivity index (χ0v) is 14.6. The Morgan fingerprint density at radius 3 is 2.00 bits per heavy atom. The van der Waals surface area contributed by atoms with E-state index in [-0.39, 0.29) is 11.8 Å². The average molecular weight is 317 g/mol. The minimum Gasteiger partial charge on any atom is -0.212 e. The van der Waals surface area contributed by atoms with E-state index in [1.807, 2.05) is 6.07 Å². The summed E-state index contributed by atoms with van der Waals surface area (Å²) >= 11 is 0. The molecule has 0 aliphatic carbocycles. The molecule has 0 aromatic heterocycles. The Morgan fingerprint density at radius 2 is 1.43 bits per heavy atom. The van der Waals surface area contributed by atoms with Gasteiger partial charge in [0.2, 0.25) is 10.0 Å². The van der Waals surface area contributed by atoms with E-state index in [0.717, 1.165) is 25.7 Å². The van der Waals surface area contributed by atoms with Crippen LogP contribution in [0.2, 0.25) is 0 Å². The van der Waals surface area contributed by atoms with Gasteiger partial charge in [-0.15, -0.1) is 0 Å².